The molecule has 3 aromatic carbocycles. The lowest BCUT2D eigenvalue weighted by atomic mass is 10.1. The van der Waals surface area contributed by atoms with Crippen LogP contribution in [0, 0.1) is 5.82 Å². The smallest absolute Gasteiger partial charge is 0.255 e. The highest BCUT2D eigenvalue weighted by Gasteiger charge is 2.10. The van der Waals surface area contributed by atoms with Gasteiger partial charge < -0.3 is 10.6 Å². The lowest BCUT2D eigenvalue weighted by molar-refractivity contribution is 0.101. The van der Waals surface area contributed by atoms with Crippen LogP contribution in [0.25, 0.3) is 0 Å². The van der Waals surface area contributed by atoms with Crippen LogP contribution in [-0.4, -0.2) is 11.8 Å². The molecule has 4 nitrogen and oxygen atoms in total. The topological polar surface area (TPSA) is 58.2 Å². The van der Waals surface area contributed by atoms with Crippen LogP contribution in [-0.2, 0) is 6.42 Å². The van der Waals surface area contributed by atoms with Gasteiger partial charge in [0.2, 0.25) is 0 Å². The molecular weight excluding hydrogens is 343 g/mol. The van der Waals surface area contributed by atoms with Gasteiger partial charge in [-0.05, 0) is 72.6 Å². The van der Waals surface area contributed by atoms with E-state index >= 15 is 0 Å². The molecule has 136 valence electrons. The predicted octanol–water partition coefficient (Wildman–Crippen LogP) is 4.89. The Morgan fingerprint density at radius 3 is 1.52 bits per heavy atom. The second kappa shape index (κ2) is 8.27. The molecule has 2 amide bonds. The Morgan fingerprint density at radius 1 is 0.704 bits per heavy atom. The maximum Gasteiger partial charge on any atom is 0.255 e. The minimum atomic E-state index is -0.368. The molecule has 0 radical (unpaired) electrons. The molecule has 0 atom stereocenters. The molecule has 0 aliphatic heterocycles. The molecule has 27 heavy (non-hydrogen) atoms. The van der Waals surface area contributed by atoms with Crippen LogP contribution in [0.15, 0.2) is 72.8 Å². The van der Waals surface area contributed by atoms with E-state index in [1.165, 1.54) is 29.8 Å². The number of hydrogen-bond donors (Lipinski definition) is 2. The monoisotopic (exact) mass is 362 g/mol. The quantitative estimate of drug-likeness (QED) is 0.679. The van der Waals surface area contributed by atoms with Gasteiger partial charge in [-0.1, -0.05) is 19.1 Å². The number of hydrogen-bond acceptors (Lipinski definition) is 2. The lowest BCUT2D eigenvalue weighted by Gasteiger charge is -2.08. The molecule has 0 fully saturated rings. The first-order valence-electron chi connectivity index (χ1n) is 8.62. The Kier molecular flexibility index (Phi) is 5.61. The minimum absolute atomic E-state index is 0.246. The molecular formula is C22H19FN2O2. The summed E-state index contributed by atoms with van der Waals surface area (Å²) in [5.41, 5.74) is 3.27. The van der Waals surface area contributed by atoms with Gasteiger partial charge in [0.15, 0.2) is 0 Å². The van der Waals surface area contributed by atoms with E-state index in [1.807, 2.05) is 24.3 Å². The molecule has 0 saturated heterocycles. The van der Waals surface area contributed by atoms with Crippen LogP contribution in [0.5, 0.6) is 0 Å². The summed E-state index contributed by atoms with van der Waals surface area (Å²) < 4.78 is 12.9. The Hall–Kier alpha value is -3.47. The van der Waals surface area contributed by atoms with Crippen LogP contribution < -0.4 is 10.6 Å². The molecule has 0 unspecified atom stereocenters. The maximum absolute atomic E-state index is 12.9. The number of carbonyl (C=O) groups excluding carboxylic acids is 2. The van der Waals surface area contributed by atoms with E-state index in [0.29, 0.717) is 16.8 Å². The molecule has 5 heteroatoms. The molecule has 3 rings (SSSR count). The molecule has 0 aliphatic carbocycles. The third-order valence-electron chi connectivity index (χ3n) is 4.13. The average molecular weight is 362 g/mol. The van der Waals surface area contributed by atoms with Gasteiger partial charge >= 0.3 is 0 Å². The summed E-state index contributed by atoms with van der Waals surface area (Å²) in [6.07, 6.45) is 0.940. The standard InChI is InChI=1S/C22H19FN2O2/c1-2-15-3-11-19(12-4-15)24-21(26)16-5-7-17(8-6-16)22(27)25-20-13-9-18(23)10-14-20/h3-14H,2H2,1H3,(H,24,26)(H,25,27). The SMILES string of the molecule is CCc1ccc(NC(=O)c2ccc(C(=O)Nc3ccc(F)cc3)cc2)cc1. The first-order chi connectivity index (χ1) is 13.0. The molecule has 0 saturated carbocycles. The van der Waals surface area contributed by atoms with Crippen molar-refractivity contribution >= 4 is 23.2 Å². The third kappa shape index (κ3) is 4.79. The first-order valence-corrected chi connectivity index (χ1v) is 8.62. The zero-order valence-corrected chi connectivity index (χ0v) is 14.8. The molecule has 2 N–H and O–H groups in total. The van der Waals surface area contributed by atoms with Gasteiger partial charge in [0.05, 0.1) is 0 Å². The summed E-state index contributed by atoms with van der Waals surface area (Å²) in [4.78, 5) is 24.6. The van der Waals surface area contributed by atoms with Gasteiger partial charge in [-0.25, -0.2) is 4.39 Å². The van der Waals surface area contributed by atoms with Crippen molar-refractivity contribution in [2.24, 2.45) is 0 Å². The highest BCUT2D eigenvalue weighted by molar-refractivity contribution is 6.07. The van der Waals surface area contributed by atoms with Gasteiger partial charge in [-0.3, -0.25) is 9.59 Å². The van der Waals surface area contributed by atoms with Crippen molar-refractivity contribution in [2.75, 3.05) is 10.6 Å². The number of anilines is 2. The molecule has 0 aliphatic rings. The van der Waals surface area contributed by atoms with E-state index in [-0.39, 0.29) is 17.6 Å². The Balaban J connectivity index is 1.63. The first kappa shape index (κ1) is 18.3. The molecule has 0 aromatic heterocycles. The highest BCUT2D eigenvalue weighted by atomic mass is 19.1. The van der Waals surface area contributed by atoms with Crippen molar-refractivity contribution in [3.05, 3.63) is 95.3 Å². The van der Waals surface area contributed by atoms with E-state index in [2.05, 4.69) is 17.6 Å². The number of nitrogens with one attached hydrogen (secondary N) is 2. The normalized spacial score (nSPS) is 10.3. The van der Waals surface area contributed by atoms with Crippen molar-refractivity contribution in [1.29, 1.82) is 0 Å². The second-order valence-corrected chi connectivity index (χ2v) is 6.04. The zero-order chi connectivity index (χ0) is 19.2. The van der Waals surface area contributed by atoms with Gasteiger partial charge in [-0.15, -0.1) is 0 Å². The van der Waals surface area contributed by atoms with Crippen molar-refractivity contribution in [3.8, 4) is 0 Å². The van der Waals surface area contributed by atoms with Gasteiger partial charge in [-0.2, -0.15) is 0 Å². The van der Waals surface area contributed by atoms with Crippen LogP contribution in [0.3, 0.4) is 0 Å². The predicted molar refractivity (Wildman–Crippen MR) is 105 cm³/mol. The van der Waals surface area contributed by atoms with Crippen LogP contribution in [0.1, 0.15) is 33.2 Å². The molecule has 0 heterocycles. The summed E-state index contributed by atoms with van der Waals surface area (Å²) in [5, 5.41) is 5.51. The van der Waals surface area contributed by atoms with E-state index < -0.39 is 0 Å². The molecule has 0 spiro atoms. The highest BCUT2D eigenvalue weighted by Crippen LogP contribution is 2.14. The number of aryl methyl sites for hydroxylation is 1. The van der Waals surface area contributed by atoms with Gasteiger partial charge in [0, 0.05) is 22.5 Å². The van der Waals surface area contributed by atoms with Crippen molar-refractivity contribution < 1.29 is 14.0 Å². The van der Waals surface area contributed by atoms with E-state index in [4.69, 9.17) is 0 Å². The summed E-state index contributed by atoms with van der Waals surface area (Å²) in [7, 11) is 0. The third-order valence-corrected chi connectivity index (χ3v) is 4.13. The maximum atomic E-state index is 12.9. The van der Waals surface area contributed by atoms with Crippen molar-refractivity contribution in [2.45, 2.75) is 13.3 Å². The van der Waals surface area contributed by atoms with E-state index in [0.717, 1.165) is 12.1 Å². The van der Waals surface area contributed by atoms with E-state index in [9.17, 15) is 14.0 Å². The number of carbonyl (C=O) groups is 2. The summed E-state index contributed by atoms with van der Waals surface area (Å²) in [6, 6.07) is 19.5. The fourth-order valence-corrected chi connectivity index (χ4v) is 2.54. The Morgan fingerprint density at radius 2 is 1.11 bits per heavy atom. The zero-order valence-electron chi connectivity index (χ0n) is 14.8. The Bertz CT molecular complexity index is 934. The average Bonchev–Trinajstić information content (AvgIpc) is 2.70. The number of amides is 2. The lowest BCUT2D eigenvalue weighted by Crippen LogP contribution is -2.14. The Labute approximate surface area is 157 Å². The van der Waals surface area contributed by atoms with Gasteiger partial charge in [0.25, 0.3) is 11.8 Å². The number of rotatable bonds is 5. The number of halogens is 1. The summed E-state index contributed by atoms with van der Waals surface area (Å²) >= 11 is 0. The van der Waals surface area contributed by atoms with Crippen LogP contribution in [0.2, 0.25) is 0 Å². The molecule has 3 aromatic rings. The largest absolute Gasteiger partial charge is 0.322 e. The van der Waals surface area contributed by atoms with Crippen molar-refractivity contribution in [3.63, 3.8) is 0 Å². The van der Waals surface area contributed by atoms with Crippen molar-refractivity contribution in [1.82, 2.24) is 0 Å². The fraction of sp³-hybridized carbons (Fsp3) is 0.0909. The number of benzene rings is 3. The second-order valence-electron chi connectivity index (χ2n) is 6.04. The molecule has 0 bridgehead atoms. The van der Waals surface area contributed by atoms with Gasteiger partial charge in [0.1, 0.15) is 5.82 Å². The minimum Gasteiger partial charge on any atom is -0.322 e. The van der Waals surface area contributed by atoms with Crippen LogP contribution >= 0.6 is 0 Å². The van der Waals surface area contributed by atoms with Crippen LogP contribution in [0.4, 0.5) is 15.8 Å². The fourth-order valence-electron chi connectivity index (χ4n) is 2.54. The summed E-state index contributed by atoms with van der Waals surface area (Å²) in [5.74, 6) is -0.943. The summed E-state index contributed by atoms with van der Waals surface area (Å²) in [6.45, 7) is 2.07. The van der Waals surface area contributed by atoms with E-state index in [1.54, 1.807) is 24.3 Å².